The molecule has 19 heavy (non-hydrogen) atoms. The first-order chi connectivity index (χ1) is 8.86. The first-order valence-electron chi connectivity index (χ1n) is 7.55. The molecule has 0 bridgehead atoms. The van der Waals surface area contributed by atoms with Crippen molar-refractivity contribution >= 4 is 0 Å². The van der Waals surface area contributed by atoms with Gasteiger partial charge in [0.15, 0.2) is 0 Å². The standard InChI is InChI=1S/C15H34N2O2/c1-7-14(8-2)17(9-10-19-6)12-15(5,18)11-16-13(3)4/h13-14,16,18H,7-12H2,1-6H3. The van der Waals surface area contributed by atoms with Crippen LogP contribution in [-0.2, 0) is 4.74 Å². The molecule has 0 fully saturated rings. The van der Waals surface area contributed by atoms with E-state index in [0.717, 1.165) is 19.4 Å². The fourth-order valence-corrected chi connectivity index (χ4v) is 2.32. The van der Waals surface area contributed by atoms with E-state index in [4.69, 9.17) is 4.74 Å². The van der Waals surface area contributed by atoms with E-state index in [9.17, 15) is 5.11 Å². The van der Waals surface area contributed by atoms with E-state index in [-0.39, 0.29) is 0 Å². The second-order valence-electron chi connectivity index (χ2n) is 5.97. The third-order valence-corrected chi connectivity index (χ3v) is 3.48. The Bertz CT molecular complexity index is 216. The van der Waals surface area contributed by atoms with Crippen LogP contribution in [0.4, 0.5) is 0 Å². The SMILES string of the molecule is CCC(CC)N(CCOC)CC(C)(O)CNC(C)C. The van der Waals surface area contributed by atoms with Gasteiger partial charge in [-0.15, -0.1) is 0 Å². The topological polar surface area (TPSA) is 44.7 Å². The van der Waals surface area contributed by atoms with E-state index in [0.29, 0.717) is 31.8 Å². The number of rotatable bonds is 11. The molecular weight excluding hydrogens is 240 g/mol. The molecular formula is C15H34N2O2. The van der Waals surface area contributed by atoms with Crippen molar-refractivity contribution < 1.29 is 9.84 Å². The van der Waals surface area contributed by atoms with Crippen molar-refractivity contribution in [2.45, 2.75) is 65.1 Å². The molecule has 0 saturated heterocycles. The van der Waals surface area contributed by atoms with Crippen LogP contribution < -0.4 is 5.32 Å². The Balaban J connectivity index is 4.50. The van der Waals surface area contributed by atoms with Gasteiger partial charge in [0.25, 0.3) is 0 Å². The predicted octanol–water partition coefficient (Wildman–Crippen LogP) is 1.87. The second-order valence-corrected chi connectivity index (χ2v) is 5.97. The molecule has 116 valence electrons. The summed E-state index contributed by atoms with van der Waals surface area (Å²) in [7, 11) is 1.73. The van der Waals surface area contributed by atoms with Crippen molar-refractivity contribution in [2.24, 2.45) is 0 Å². The van der Waals surface area contributed by atoms with E-state index in [1.165, 1.54) is 0 Å². The molecule has 0 aromatic carbocycles. The predicted molar refractivity (Wildman–Crippen MR) is 81.6 cm³/mol. The van der Waals surface area contributed by atoms with Crippen LogP contribution in [0.1, 0.15) is 47.5 Å². The van der Waals surface area contributed by atoms with Crippen molar-refractivity contribution in [2.75, 3.05) is 33.4 Å². The molecule has 0 heterocycles. The lowest BCUT2D eigenvalue weighted by atomic mass is 10.0. The summed E-state index contributed by atoms with van der Waals surface area (Å²) in [6.45, 7) is 13.4. The first kappa shape index (κ1) is 18.8. The van der Waals surface area contributed by atoms with Gasteiger partial charge in [-0.1, -0.05) is 27.7 Å². The average molecular weight is 274 g/mol. The van der Waals surface area contributed by atoms with Crippen LogP contribution in [0, 0.1) is 0 Å². The minimum Gasteiger partial charge on any atom is -0.388 e. The quantitative estimate of drug-likeness (QED) is 0.604. The lowest BCUT2D eigenvalue weighted by Crippen LogP contribution is -2.52. The summed E-state index contributed by atoms with van der Waals surface area (Å²) in [5, 5.41) is 13.8. The zero-order valence-corrected chi connectivity index (χ0v) is 13.7. The highest BCUT2D eigenvalue weighted by atomic mass is 16.5. The van der Waals surface area contributed by atoms with Crippen molar-refractivity contribution in [1.29, 1.82) is 0 Å². The Morgan fingerprint density at radius 1 is 1.26 bits per heavy atom. The fourth-order valence-electron chi connectivity index (χ4n) is 2.32. The number of hydrogen-bond acceptors (Lipinski definition) is 4. The fraction of sp³-hybridized carbons (Fsp3) is 1.00. The maximum atomic E-state index is 10.5. The molecule has 0 aromatic rings. The Morgan fingerprint density at radius 2 is 1.84 bits per heavy atom. The maximum Gasteiger partial charge on any atom is 0.0869 e. The molecule has 4 nitrogen and oxygen atoms in total. The Labute approximate surface area is 119 Å². The minimum absolute atomic E-state index is 0.395. The van der Waals surface area contributed by atoms with Gasteiger partial charge in [0.2, 0.25) is 0 Å². The normalized spacial score (nSPS) is 15.5. The van der Waals surface area contributed by atoms with Gasteiger partial charge in [0.1, 0.15) is 0 Å². The van der Waals surface area contributed by atoms with Crippen LogP contribution in [0.3, 0.4) is 0 Å². The van der Waals surface area contributed by atoms with Gasteiger partial charge >= 0.3 is 0 Å². The minimum atomic E-state index is -0.708. The lowest BCUT2D eigenvalue weighted by molar-refractivity contribution is -0.00391. The molecule has 0 spiro atoms. The maximum absolute atomic E-state index is 10.5. The molecule has 4 heteroatoms. The highest BCUT2D eigenvalue weighted by molar-refractivity contribution is 4.83. The molecule has 1 unspecified atom stereocenters. The van der Waals surface area contributed by atoms with E-state index in [1.807, 2.05) is 6.92 Å². The van der Waals surface area contributed by atoms with Gasteiger partial charge < -0.3 is 15.2 Å². The van der Waals surface area contributed by atoms with Crippen molar-refractivity contribution in [1.82, 2.24) is 10.2 Å². The summed E-state index contributed by atoms with van der Waals surface area (Å²) in [4.78, 5) is 2.35. The van der Waals surface area contributed by atoms with Crippen molar-refractivity contribution in [3.63, 3.8) is 0 Å². The van der Waals surface area contributed by atoms with Gasteiger partial charge in [0.05, 0.1) is 12.2 Å². The summed E-state index contributed by atoms with van der Waals surface area (Å²) < 4.78 is 5.19. The highest BCUT2D eigenvalue weighted by Crippen LogP contribution is 2.14. The number of aliphatic hydroxyl groups is 1. The summed E-state index contributed by atoms with van der Waals surface area (Å²) >= 11 is 0. The molecule has 1 atom stereocenters. The third-order valence-electron chi connectivity index (χ3n) is 3.48. The molecule has 0 saturated carbocycles. The van der Waals surface area contributed by atoms with E-state index < -0.39 is 5.60 Å². The van der Waals surface area contributed by atoms with Crippen molar-refractivity contribution in [3.05, 3.63) is 0 Å². The number of methoxy groups -OCH3 is 1. The molecule has 0 aromatic heterocycles. The highest BCUT2D eigenvalue weighted by Gasteiger charge is 2.27. The molecule has 0 amide bonds. The smallest absolute Gasteiger partial charge is 0.0869 e. The number of nitrogens with zero attached hydrogens (tertiary/aromatic N) is 1. The number of nitrogens with one attached hydrogen (secondary N) is 1. The molecule has 0 aliphatic rings. The average Bonchev–Trinajstić information content (AvgIpc) is 2.34. The molecule has 0 aliphatic carbocycles. The van der Waals surface area contributed by atoms with Crippen LogP contribution in [0.5, 0.6) is 0 Å². The van der Waals surface area contributed by atoms with Gasteiger partial charge in [-0.3, -0.25) is 4.90 Å². The van der Waals surface area contributed by atoms with E-state index >= 15 is 0 Å². The van der Waals surface area contributed by atoms with Crippen LogP contribution in [0.25, 0.3) is 0 Å². The summed E-state index contributed by atoms with van der Waals surface area (Å²) in [5.74, 6) is 0. The van der Waals surface area contributed by atoms with Crippen molar-refractivity contribution in [3.8, 4) is 0 Å². The summed E-state index contributed by atoms with van der Waals surface area (Å²) in [5.41, 5.74) is -0.708. The Morgan fingerprint density at radius 3 is 2.26 bits per heavy atom. The van der Waals surface area contributed by atoms with Crippen LogP contribution in [0.15, 0.2) is 0 Å². The monoisotopic (exact) mass is 274 g/mol. The summed E-state index contributed by atoms with van der Waals surface area (Å²) in [6, 6.07) is 0.910. The molecule has 2 N–H and O–H groups in total. The van der Waals surface area contributed by atoms with Gasteiger partial charge in [-0.25, -0.2) is 0 Å². The zero-order chi connectivity index (χ0) is 14.9. The largest absolute Gasteiger partial charge is 0.388 e. The molecule has 0 rings (SSSR count). The van der Waals surface area contributed by atoms with Crippen LogP contribution in [0.2, 0.25) is 0 Å². The Kier molecular flexibility index (Phi) is 9.62. The van der Waals surface area contributed by atoms with Crippen LogP contribution >= 0.6 is 0 Å². The van der Waals surface area contributed by atoms with Gasteiger partial charge in [-0.2, -0.15) is 0 Å². The van der Waals surface area contributed by atoms with E-state index in [1.54, 1.807) is 7.11 Å². The Hall–Kier alpha value is -0.160. The summed E-state index contributed by atoms with van der Waals surface area (Å²) in [6.07, 6.45) is 2.21. The second kappa shape index (κ2) is 9.70. The van der Waals surface area contributed by atoms with Crippen LogP contribution in [-0.4, -0.2) is 61.0 Å². The van der Waals surface area contributed by atoms with E-state index in [2.05, 4.69) is 37.9 Å². The van der Waals surface area contributed by atoms with Gasteiger partial charge in [0, 0.05) is 38.8 Å². The zero-order valence-electron chi connectivity index (χ0n) is 13.7. The first-order valence-corrected chi connectivity index (χ1v) is 7.55. The number of hydrogen-bond donors (Lipinski definition) is 2. The lowest BCUT2D eigenvalue weighted by Gasteiger charge is -2.36. The molecule has 0 radical (unpaired) electrons. The molecule has 0 aliphatic heterocycles. The van der Waals surface area contributed by atoms with Gasteiger partial charge in [-0.05, 0) is 19.8 Å². The third kappa shape index (κ3) is 8.58. The number of ether oxygens (including phenoxy) is 1.